The van der Waals surface area contributed by atoms with E-state index in [2.05, 4.69) is 0 Å². The van der Waals surface area contributed by atoms with E-state index in [-0.39, 0.29) is 6.04 Å². The lowest BCUT2D eigenvalue weighted by Crippen LogP contribution is -2.42. The highest BCUT2D eigenvalue weighted by Gasteiger charge is 2.37. The Morgan fingerprint density at radius 1 is 1.32 bits per heavy atom. The minimum absolute atomic E-state index is 0.329. The van der Waals surface area contributed by atoms with E-state index in [1.165, 1.54) is 0 Å². The Balaban J connectivity index is 2.17. The van der Waals surface area contributed by atoms with Gasteiger partial charge in [0.25, 0.3) is 0 Å². The van der Waals surface area contributed by atoms with Crippen molar-refractivity contribution in [3.05, 3.63) is 33.8 Å². The average Bonchev–Trinajstić information content (AvgIpc) is 2.83. The maximum atomic E-state index is 12.3. The van der Waals surface area contributed by atoms with Crippen molar-refractivity contribution in [1.82, 2.24) is 4.90 Å². The number of aliphatic hydroxyl groups excluding tert-OH is 1. The van der Waals surface area contributed by atoms with Crippen LogP contribution in [0.2, 0.25) is 10.0 Å². The average molecular weight is 346 g/mol. The number of hydrogen-bond acceptors (Lipinski definition) is 3. The van der Waals surface area contributed by atoms with Crippen molar-refractivity contribution >= 4 is 29.3 Å². The summed E-state index contributed by atoms with van der Waals surface area (Å²) in [5.41, 5.74) is 0.0482. The number of hydrogen-bond donors (Lipinski definition) is 1. The van der Waals surface area contributed by atoms with Gasteiger partial charge < -0.3 is 14.7 Å². The molecule has 0 saturated carbocycles. The summed E-state index contributed by atoms with van der Waals surface area (Å²) in [6.45, 7) is 6.04. The van der Waals surface area contributed by atoms with Crippen LogP contribution in [0.3, 0.4) is 0 Å². The number of carbonyl (C=O) groups is 1. The monoisotopic (exact) mass is 345 g/mol. The van der Waals surface area contributed by atoms with E-state index in [4.69, 9.17) is 27.9 Å². The molecule has 0 aromatic heterocycles. The van der Waals surface area contributed by atoms with Crippen molar-refractivity contribution in [1.29, 1.82) is 0 Å². The maximum absolute atomic E-state index is 12.3. The fraction of sp³-hybridized carbons (Fsp3) is 0.562. The lowest BCUT2D eigenvalue weighted by molar-refractivity contribution is 0.00491. The van der Waals surface area contributed by atoms with Crippen LogP contribution in [-0.2, 0) is 4.74 Å². The summed E-state index contributed by atoms with van der Waals surface area (Å²) in [5.74, 6) is 0. The van der Waals surface area contributed by atoms with Gasteiger partial charge in [0.1, 0.15) is 5.60 Å². The highest BCUT2D eigenvalue weighted by atomic mass is 35.5. The lowest BCUT2D eigenvalue weighted by atomic mass is 10.0. The van der Waals surface area contributed by atoms with Gasteiger partial charge in [0.15, 0.2) is 0 Å². The molecule has 0 spiro atoms. The summed E-state index contributed by atoms with van der Waals surface area (Å²) >= 11 is 12.0. The highest BCUT2D eigenvalue weighted by Crippen LogP contribution is 2.33. The molecule has 1 saturated heterocycles. The molecule has 22 heavy (non-hydrogen) atoms. The van der Waals surface area contributed by atoms with Crippen LogP contribution in [0.1, 0.15) is 45.3 Å². The number of likely N-dealkylation sites (tertiary alicyclic amines) is 1. The number of ether oxygens (including phenoxy) is 1. The molecule has 1 amide bonds. The fourth-order valence-electron chi connectivity index (χ4n) is 2.64. The molecule has 0 bridgehead atoms. The van der Waals surface area contributed by atoms with Gasteiger partial charge in [0, 0.05) is 16.6 Å². The molecular weight excluding hydrogens is 325 g/mol. The van der Waals surface area contributed by atoms with Crippen LogP contribution in [0, 0.1) is 0 Å². The molecule has 6 heteroatoms. The molecule has 122 valence electrons. The summed E-state index contributed by atoms with van der Waals surface area (Å²) in [7, 11) is 0. The van der Waals surface area contributed by atoms with Gasteiger partial charge >= 0.3 is 6.09 Å². The molecule has 1 N–H and O–H groups in total. The summed E-state index contributed by atoms with van der Waals surface area (Å²) in [4.78, 5) is 13.9. The van der Waals surface area contributed by atoms with E-state index in [9.17, 15) is 9.90 Å². The maximum Gasteiger partial charge on any atom is 0.410 e. The summed E-state index contributed by atoms with van der Waals surface area (Å²) in [6, 6.07) is 4.62. The van der Waals surface area contributed by atoms with Crippen molar-refractivity contribution in [2.24, 2.45) is 0 Å². The van der Waals surface area contributed by atoms with Crippen LogP contribution < -0.4 is 0 Å². The predicted molar refractivity (Wildman–Crippen MR) is 87.4 cm³/mol. The van der Waals surface area contributed by atoms with E-state index in [0.717, 1.165) is 6.42 Å². The Hall–Kier alpha value is -0.970. The molecular formula is C16H21Cl2NO3. The van der Waals surface area contributed by atoms with Gasteiger partial charge in [-0.2, -0.15) is 0 Å². The quantitative estimate of drug-likeness (QED) is 0.862. The SMILES string of the molecule is CC(C)(C)OC(=O)N1CCC[C@H]1C(O)c1cc(Cl)cc(Cl)c1. The summed E-state index contributed by atoms with van der Waals surface area (Å²) in [6.07, 6.45) is 0.299. The molecule has 1 heterocycles. The Kier molecular flexibility index (Phi) is 5.25. The van der Waals surface area contributed by atoms with Crippen molar-refractivity contribution in [3.63, 3.8) is 0 Å². The molecule has 1 aromatic rings. The molecule has 1 aliphatic rings. The standard InChI is InChI=1S/C16H21Cl2NO3/c1-16(2,3)22-15(21)19-6-4-5-13(19)14(20)10-7-11(17)9-12(18)8-10/h7-9,13-14,20H,4-6H2,1-3H3/t13-,14?/m0/s1. The third-order valence-electron chi connectivity index (χ3n) is 3.52. The smallest absolute Gasteiger partial charge is 0.410 e. The number of carbonyl (C=O) groups excluding carboxylic acids is 1. The molecule has 2 rings (SSSR count). The first kappa shape index (κ1) is 17.4. The highest BCUT2D eigenvalue weighted by molar-refractivity contribution is 6.34. The predicted octanol–water partition coefficient (Wildman–Crippen LogP) is 4.43. The summed E-state index contributed by atoms with van der Waals surface area (Å²) in [5, 5.41) is 11.5. The van der Waals surface area contributed by atoms with Crippen molar-refractivity contribution in [2.45, 2.75) is 51.4 Å². The largest absolute Gasteiger partial charge is 0.444 e. The van der Waals surface area contributed by atoms with Gasteiger partial charge in [-0.3, -0.25) is 0 Å². The molecule has 2 atom stereocenters. The van der Waals surface area contributed by atoms with E-state index >= 15 is 0 Å². The van der Waals surface area contributed by atoms with Gasteiger partial charge in [-0.15, -0.1) is 0 Å². The van der Waals surface area contributed by atoms with Crippen LogP contribution in [0.25, 0.3) is 0 Å². The van der Waals surface area contributed by atoms with Gasteiger partial charge in [-0.05, 0) is 57.4 Å². The Morgan fingerprint density at radius 2 is 1.91 bits per heavy atom. The molecule has 0 aliphatic carbocycles. The lowest BCUT2D eigenvalue weighted by Gasteiger charge is -2.31. The second-order valence-corrected chi connectivity index (χ2v) is 7.40. The van der Waals surface area contributed by atoms with Crippen LogP contribution in [-0.4, -0.2) is 34.3 Å². The Labute approximate surface area is 141 Å². The van der Waals surface area contributed by atoms with Crippen LogP contribution in [0.5, 0.6) is 0 Å². The van der Waals surface area contributed by atoms with Crippen LogP contribution in [0.15, 0.2) is 18.2 Å². The molecule has 1 aromatic carbocycles. The number of amides is 1. The normalized spacial score (nSPS) is 20.1. The first-order chi connectivity index (χ1) is 10.2. The third kappa shape index (κ3) is 4.28. The van der Waals surface area contributed by atoms with E-state index in [1.807, 2.05) is 20.8 Å². The molecule has 0 radical (unpaired) electrons. The first-order valence-electron chi connectivity index (χ1n) is 7.31. The second kappa shape index (κ2) is 6.65. The van der Waals surface area contributed by atoms with Crippen molar-refractivity contribution in [2.75, 3.05) is 6.54 Å². The van der Waals surface area contributed by atoms with Gasteiger partial charge in [0.05, 0.1) is 12.1 Å². The summed E-state index contributed by atoms with van der Waals surface area (Å²) < 4.78 is 5.41. The van der Waals surface area contributed by atoms with Gasteiger partial charge in [-0.1, -0.05) is 23.2 Å². The third-order valence-corrected chi connectivity index (χ3v) is 3.95. The number of nitrogens with zero attached hydrogens (tertiary/aromatic N) is 1. The topological polar surface area (TPSA) is 49.8 Å². The minimum atomic E-state index is -0.841. The zero-order chi connectivity index (χ0) is 16.5. The van der Waals surface area contributed by atoms with E-state index < -0.39 is 17.8 Å². The zero-order valence-corrected chi connectivity index (χ0v) is 14.5. The van der Waals surface area contributed by atoms with Crippen molar-refractivity contribution in [3.8, 4) is 0 Å². The van der Waals surface area contributed by atoms with Crippen LogP contribution >= 0.6 is 23.2 Å². The molecule has 1 aliphatic heterocycles. The molecule has 4 nitrogen and oxygen atoms in total. The number of benzene rings is 1. The fourth-order valence-corrected chi connectivity index (χ4v) is 3.18. The number of halogens is 2. The number of aliphatic hydroxyl groups is 1. The Bertz CT molecular complexity index is 537. The molecule has 1 fully saturated rings. The van der Waals surface area contributed by atoms with Crippen LogP contribution in [0.4, 0.5) is 4.79 Å². The number of rotatable bonds is 2. The van der Waals surface area contributed by atoms with Crippen molar-refractivity contribution < 1.29 is 14.6 Å². The van der Waals surface area contributed by atoms with Gasteiger partial charge in [0.2, 0.25) is 0 Å². The Morgan fingerprint density at radius 3 is 2.45 bits per heavy atom. The second-order valence-electron chi connectivity index (χ2n) is 6.53. The minimum Gasteiger partial charge on any atom is -0.444 e. The van der Waals surface area contributed by atoms with Gasteiger partial charge in [-0.25, -0.2) is 4.79 Å². The zero-order valence-electron chi connectivity index (χ0n) is 13.0. The first-order valence-corrected chi connectivity index (χ1v) is 8.06. The van der Waals surface area contributed by atoms with E-state index in [0.29, 0.717) is 28.6 Å². The molecule has 1 unspecified atom stereocenters. The van der Waals surface area contributed by atoms with E-state index in [1.54, 1.807) is 23.1 Å².